The van der Waals surface area contributed by atoms with E-state index in [1.807, 2.05) is 23.7 Å². The van der Waals surface area contributed by atoms with Gasteiger partial charge in [0.25, 0.3) is 0 Å². The Morgan fingerprint density at radius 1 is 1.20 bits per heavy atom. The highest BCUT2D eigenvalue weighted by Crippen LogP contribution is 2.37. The Morgan fingerprint density at radius 3 is 2.57 bits per heavy atom. The molecule has 2 aliphatic rings. The fourth-order valence-corrected chi connectivity index (χ4v) is 5.32. The fourth-order valence-electron chi connectivity index (χ4n) is 5.32. The topological polar surface area (TPSA) is 78.0 Å². The van der Waals surface area contributed by atoms with Crippen LogP contribution in [0.15, 0.2) is 18.2 Å². The van der Waals surface area contributed by atoms with Crippen LogP contribution in [-0.2, 0) is 12.8 Å². The van der Waals surface area contributed by atoms with Gasteiger partial charge in [-0.3, -0.25) is 9.59 Å². The lowest BCUT2D eigenvalue weighted by atomic mass is 9.75. The number of rotatable bonds is 4. The summed E-state index contributed by atoms with van der Waals surface area (Å²) in [5.41, 5.74) is 10.7. The number of nitrogens with two attached hydrogens (primary N) is 1. The zero-order valence-electron chi connectivity index (χ0n) is 18.6. The predicted molar refractivity (Wildman–Crippen MR) is 118 cm³/mol. The molecule has 5 nitrogen and oxygen atoms in total. The summed E-state index contributed by atoms with van der Waals surface area (Å²) in [6.45, 7) is 8.49. The molecule has 160 valence electrons. The molecule has 0 aliphatic heterocycles. The van der Waals surface area contributed by atoms with Gasteiger partial charge in [0.2, 0.25) is 5.91 Å². The van der Waals surface area contributed by atoms with E-state index in [0.717, 1.165) is 47.0 Å². The van der Waals surface area contributed by atoms with Crippen LogP contribution in [0.5, 0.6) is 0 Å². The Balaban J connectivity index is 1.73. The minimum Gasteiger partial charge on any atom is -0.366 e. The van der Waals surface area contributed by atoms with Gasteiger partial charge in [-0.15, -0.1) is 0 Å². The number of amides is 1. The van der Waals surface area contributed by atoms with E-state index < -0.39 is 0 Å². The Bertz CT molecular complexity index is 994. The maximum atomic E-state index is 12.8. The van der Waals surface area contributed by atoms with Crippen molar-refractivity contribution < 1.29 is 9.59 Å². The first kappa shape index (κ1) is 20.8. The van der Waals surface area contributed by atoms with Gasteiger partial charge in [0.05, 0.1) is 22.6 Å². The first-order valence-corrected chi connectivity index (χ1v) is 11.2. The van der Waals surface area contributed by atoms with Gasteiger partial charge in [0, 0.05) is 12.0 Å². The van der Waals surface area contributed by atoms with Gasteiger partial charge in [-0.25, -0.2) is 4.68 Å². The van der Waals surface area contributed by atoms with E-state index in [1.165, 1.54) is 25.7 Å². The van der Waals surface area contributed by atoms with Crippen molar-refractivity contribution in [3.05, 3.63) is 46.3 Å². The van der Waals surface area contributed by atoms with Gasteiger partial charge in [0.15, 0.2) is 5.78 Å². The molecule has 0 radical (unpaired) electrons. The Labute approximate surface area is 179 Å². The summed E-state index contributed by atoms with van der Waals surface area (Å²) in [5, 5.41) is 4.73. The van der Waals surface area contributed by atoms with E-state index in [9.17, 15) is 9.59 Å². The van der Waals surface area contributed by atoms with Crippen LogP contribution in [0.3, 0.4) is 0 Å². The lowest BCUT2D eigenvalue weighted by molar-refractivity contribution is 0.0909. The van der Waals surface area contributed by atoms with Crippen molar-refractivity contribution in [2.24, 2.45) is 23.0 Å². The molecule has 2 N–H and O–H groups in total. The second-order valence-electron chi connectivity index (χ2n) is 10.3. The molecule has 1 aromatic heterocycles. The monoisotopic (exact) mass is 407 g/mol. The standard InChI is InChI=1S/C25H33N3O2/c1-15-5-7-17(8-6-15)11-18-12-19(9-10-20(18)24(26)30)28-21-13-25(3,4)14-22(29)23(21)16(2)27-28/h9-10,12,15,17H,5-8,11,13-14H2,1-4H3,(H2,26,30). The number of aromatic nitrogens is 2. The molecular weight excluding hydrogens is 374 g/mol. The Hall–Kier alpha value is -2.43. The number of fused-ring (bicyclic) bond motifs is 1. The molecule has 2 aliphatic carbocycles. The van der Waals surface area contributed by atoms with Gasteiger partial charge in [-0.05, 0) is 73.6 Å². The van der Waals surface area contributed by atoms with Crippen LogP contribution in [0, 0.1) is 24.2 Å². The van der Waals surface area contributed by atoms with Crippen molar-refractivity contribution in [2.45, 2.75) is 72.6 Å². The number of aryl methyl sites for hydroxylation is 1. The second kappa shape index (κ2) is 7.68. The predicted octanol–water partition coefficient (Wildman–Crippen LogP) is 4.80. The van der Waals surface area contributed by atoms with Gasteiger partial charge in [0.1, 0.15) is 0 Å². The van der Waals surface area contributed by atoms with Crippen molar-refractivity contribution in [1.29, 1.82) is 0 Å². The first-order chi connectivity index (χ1) is 14.1. The number of carbonyl (C=O) groups excluding carboxylic acids is 2. The zero-order valence-corrected chi connectivity index (χ0v) is 18.6. The van der Waals surface area contributed by atoms with E-state index in [1.54, 1.807) is 0 Å². The number of carbonyl (C=O) groups is 2. The SMILES string of the molecule is Cc1nn(-c2ccc(C(N)=O)c(CC3CCC(C)CC3)c2)c2c1C(=O)CC(C)(C)C2. The highest BCUT2D eigenvalue weighted by molar-refractivity contribution is 6.00. The molecule has 5 heteroatoms. The van der Waals surface area contributed by atoms with Gasteiger partial charge in [-0.2, -0.15) is 5.10 Å². The fraction of sp³-hybridized carbons (Fsp3) is 0.560. The largest absolute Gasteiger partial charge is 0.366 e. The molecule has 2 aromatic rings. The van der Waals surface area contributed by atoms with E-state index in [2.05, 4.69) is 26.8 Å². The summed E-state index contributed by atoms with van der Waals surface area (Å²) in [7, 11) is 0. The van der Waals surface area contributed by atoms with Crippen LogP contribution < -0.4 is 5.73 Å². The molecule has 0 saturated heterocycles. The van der Waals surface area contributed by atoms with Gasteiger partial charge in [-0.1, -0.05) is 33.6 Å². The molecule has 30 heavy (non-hydrogen) atoms. The summed E-state index contributed by atoms with van der Waals surface area (Å²) in [6, 6.07) is 5.81. The highest BCUT2D eigenvalue weighted by atomic mass is 16.1. The average Bonchev–Trinajstić information content (AvgIpc) is 2.98. The number of ketones is 1. The molecule has 1 amide bonds. The number of hydrogen-bond acceptors (Lipinski definition) is 3. The van der Waals surface area contributed by atoms with Crippen LogP contribution in [-0.4, -0.2) is 21.5 Å². The van der Waals surface area contributed by atoms with E-state index >= 15 is 0 Å². The summed E-state index contributed by atoms with van der Waals surface area (Å²) >= 11 is 0. The molecule has 0 spiro atoms. The zero-order chi connectivity index (χ0) is 21.6. The normalized spacial score (nSPS) is 23.3. The second-order valence-corrected chi connectivity index (χ2v) is 10.3. The Morgan fingerprint density at radius 2 is 1.90 bits per heavy atom. The van der Waals surface area contributed by atoms with Crippen LogP contribution in [0.25, 0.3) is 5.69 Å². The molecule has 0 bridgehead atoms. The number of hydrogen-bond donors (Lipinski definition) is 1. The third kappa shape index (κ3) is 3.94. The maximum absolute atomic E-state index is 12.8. The van der Waals surface area contributed by atoms with Crippen molar-refractivity contribution in [1.82, 2.24) is 9.78 Å². The number of primary amides is 1. The van der Waals surface area contributed by atoms with E-state index in [4.69, 9.17) is 10.8 Å². The number of benzene rings is 1. The van der Waals surface area contributed by atoms with Crippen LogP contribution >= 0.6 is 0 Å². The van der Waals surface area contributed by atoms with Gasteiger partial charge < -0.3 is 5.73 Å². The van der Waals surface area contributed by atoms with Crippen molar-refractivity contribution >= 4 is 11.7 Å². The molecule has 1 aromatic carbocycles. The summed E-state index contributed by atoms with van der Waals surface area (Å²) in [5.74, 6) is 1.18. The summed E-state index contributed by atoms with van der Waals surface area (Å²) in [4.78, 5) is 24.8. The Kier molecular flexibility index (Phi) is 5.33. The van der Waals surface area contributed by atoms with Crippen LogP contribution in [0.4, 0.5) is 0 Å². The summed E-state index contributed by atoms with van der Waals surface area (Å²) < 4.78 is 1.92. The average molecular weight is 408 g/mol. The molecule has 4 rings (SSSR count). The van der Waals surface area contributed by atoms with Crippen LogP contribution in [0.1, 0.15) is 90.5 Å². The smallest absolute Gasteiger partial charge is 0.248 e. The molecule has 0 atom stereocenters. The molecule has 1 saturated carbocycles. The third-order valence-corrected chi connectivity index (χ3v) is 6.96. The van der Waals surface area contributed by atoms with Crippen molar-refractivity contribution in [3.8, 4) is 5.69 Å². The molecular formula is C25H33N3O2. The lowest BCUT2D eigenvalue weighted by Gasteiger charge is -2.29. The summed E-state index contributed by atoms with van der Waals surface area (Å²) in [6.07, 6.45) is 7.12. The van der Waals surface area contributed by atoms with E-state index in [0.29, 0.717) is 17.9 Å². The highest BCUT2D eigenvalue weighted by Gasteiger charge is 2.35. The van der Waals surface area contributed by atoms with E-state index in [-0.39, 0.29) is 17.1 Å². The first-order valence-electron chi connectivity index (χ1n) is 11.2. The van der Waals surface area contributed by atoms with Crippen molar-refractivity contribution in [3.63, 3.8) is 0 Å². The minimum atomic E-state index is -0.379. The number of Topliss-reactive ketones (excluding diaryl/α,β-unsaturated/α-hetero) is 1. The molecule has 0 unspecified atom stereocenters. The molecule has 1 fully saturated rings. The maximum Gasteiger partial charge on any atom is 0.248 e. The minimum absolute atomic E-state index is 0.0803. The number of nitrogens with zero attached hydrogens (tertiary/aromatic N) is 2. The molecule has 1 heterocycles. The van der Waals surface area contributed by atoms with Gasteiger partial charge >= 0.3 is 0 Å². The lowest BCUT2D eigenvalue weighted by Crippen LogP contribution is -2.28. The van der Waals surface area contributed by atoms with Crippen molar-refractivity contribution in [2.75, 3.05) is 0 Å². The van der Waals surface area contributed by atoms with Crippen LogP contribution in [0.2, 0.25) is 0 Å². The third-order valence-electron chi connectivity index (χ3n) is 6.96. The quantitative estimate of drug-likeness (QED) is 0.790.